The maximum absolute atomic E-state index is 13.0. The molecular formula is C14H15F3O3. The third-order valence-electron chi connectivity index (χ3n) is 3.98. The Bertz CT molecular complexity index is 549. The van der Waals surface area contributed by atoms with Crippen molar-refractivity contribution in [3.8, 4) is 5.75 Å². The van der Waals surface area contributed by atoms with Crippen LogP contribution >= 0.6 is 0 Å². The number of aliphatic carboxylic acids is 1. The van der Waals surface area contributed by atoms with Crippen molar-refractivity contribution >= 4 is 5.97 Å². The first-order chi connectivity index (χ1) is 9.12. The Morgan fingerprint density at radius 1 is 1.35 bits per heavy atom. The lowest BCUT2D eigenvalue weighted by Crippen LogP contribution is -2.09. The fourth-order valence-electron chi connectivity index (χ4n) is 2.93. The van der Waals surface area contributed by atoms with Gasteiger partial charge in [-0.1, -0.05) is 26.0 Å². The van der Waals surface area contributed by atoms with Crippen molar-refractivity contribution in [2.24, 2.45) is 11.3 Å². The van der Waals surface area contributed by atoms with Crippen LogP contribution in [0.3, 0.4) is 0 Å². The van der Waals surface area contributed by atoms with Crippen LogP contribution in [0.4, 0.5) is 13.2 Å². The number of benzene rings is 1. The third-order valence-corrected chi connectivity index (χ3v) is 3.98. The second-order valence-corrected chi connectivity index (χ2v) is 5.54. The summed E-state index contributed by atoms with van der Waals surface area (Å²) in [5.74, 6) is -2.45. The number of methoxy groups -OCH3 is 1. The highest BCUT2D eigenvalue weighted by molar-refractivity contribution is 5.78. The van der Waals surface area contributed by atoms with Gasteiger partial charge in [0.15, 0.2) is 0 Å². The zero-order valence-electron chi connectivity index (χ0n) is 11.3. The number of halogens is 3. The van der Waals surface area contributed by atoms with Gasteiger partial charge in [0.25, 0.3) is 0 Å². The number of carboxylic acid groups (broad SMARTS) is 1. The van der Waals surface area contributed by atoms with Gasteiger partial charge >= 0.3 is 12.1 Å². The Labute approximate surface area is 114 Å². The Hall–Kier alpha value is -1.72. The molecule has 20 heavy (non-hydrogen) atoms. The standard InChI is InChI=1S/C14H15F3O3/c1-13(2)9(10(13)12(18)19)7-5-4-6-8(11(7)20-3)14(15,16)17/h4-6,9-10H,1-3H3,(H,18,19)/t9-,10+/m1/s1. The average Bonchev–Trinajstić information content (AvgIpc) is 2.90. The Morgan fingerprint density at radius 2 is 1.95 bits per heavy atom. The summed E-state index contributed by atoms with van der Waals surface area (Å²) in [7, 11) is 1.17. The molecule has 0 aliphatic heterocycles. The van der Waals surface area contributed by atoms with Crippen molar-refractivity contribution in [2.75, 3.05) is 7.11 Å². The van der Waals surface area contributed by atoms with Gasteiger partial charge in [-0.2, -0.15) is 13.2 Å². The number of carboxylic acids is 1. The van der Waals surface area contributed by atoms with E-state index in [1.165, 1.54) is 19.2 Å². The minimum Gasteiger partial charge on any atom is -0.496 e. The molecule has 0 aromatic heterocycles. The van der Waals surface area contributed by atoms with Crippen molar-refractivity contribution in [1.29, 1.82) is 0 Å². The van der Waals surface area contributed by atoms with Crippen LogP contribution in [-0.4, -0.2) is 18.2 Å². The molecule has 1 aliphatic rings. The molecule has 0 radical (unpaired) electrons. The number of carbonyl (C=O) groups is 1. The van der Waals surface area contributed by atoms with E-state index >= 15 is 0 Å². The molecule has 1 aromatic carbocycles. The van der Waals surface area contributed by atoms with Crippen molar-refractivity contribution < 1.29 is 27.8 Å². The van der Waals surface area contributed by atoms with E-state index < -0.39 is 35.0 Å². The van der Waals surface area contributed by atoms with Gasteiger partial charge in [-0.25, -0.2) is 0 Å². The minimum atomic E-state index is -4.53. The second kappa shape index (κ2) is 4.40. The largest absolute Gasteiger partial charge is 0.496 e. The number of hydrogen-bond donors (Lipinski definition) is 1. The topological polar surface area (TPSA) is 46.5 Å². The van der Waals surface area contributed by atoms with Gasteiger partial charge in [0.1, 0.15) is 5.75 Å². The molecule has 0 saturated heterocycles. The normalized spacial score (nSPS) is 24.3. The van der Waals surface area contributed by atoms with E-state index in [2.05, 4.69) is 0 Å². The molecule has 110 valence electrons. The first-order valence-electron chi connectivity index (χ1n) is 6.09. The fraction of sp³-hybridized carbons (Fsp3) is 0.500. The first-order valence-corrected chi connectivity index (χ1v) is 6.09. The summed E-state index contributed by atoms with van der Waals surface area (Å²) < 4.78 is 43.8. The van der Waals surface area contributed by atoms with E-state index in [0.29, 0.717) is 5.56 Å². The summed E-state index contributed by atoms with van der Waals surface area (Å²) in [5.41, 5.74) is -1.15. The van der Waals surface area contributed by atoms with Crippen LogP contribution in [0.1, 0.15) is 30.9 Å². The van der Waals surface area contributed by atoms with E-state index in [0.717, 1.165) is 6.07 Å². The van der Waals surface area contributed by atoms with Crippen molar-refractivity contribution in [3.05, 3.63) is 29.3 Å². The number of alkyl halides is 3. The van der Waals surface area contributed by atoms with Crippen molar-refractivity contribution in [3.63, 3.8) is 0 Å². The highest BCUT2D eigenvalue weighted by Gasteiger charge is 2.63. The molecule has 0 bridgehead atoms. The predicted molar refractivity (Wildman–Crippen MR) is 65.6 cm³/mol. The predicted octanol–water partition coefficient (Wildman–Crippen LogP) is 3.54. The summed E-state index contributed by atoms with van der Waals surface area (Å²) in [6.07, 6.45) is -4.53. The van der Waals surface area contributed by atoms with Crippen LogP contribution in [0.2, 0.25) is 0 Å². The molecule has 0 amide bonds. The summed E-state index contributed by atoms with van der Waals surface area (Å²) in [5, 5.41) is 9.15. The van der Waals surface area contributed by atoms with Gasteiger partial charge in [-0.05, 0) is 17.0 Å². The van der Waals surface area contributed by atoms with E-state index in [-0.39, 0.29) is 5.75 Å². The summed E-state index contributed by atoms with van der Waals surface area (Å²) in [6.45, 7) is 3.46. The Morgan fingerprint density at radius 3 is 2.35 bits per heavy atom. The number of hydrogen-bond acceptors (Lipinski definition) is 2. The maximum atomic E-state index is 13.0. The number of rotatable bonds is 3. The van der Waals surface area contributed by atoms with E-state index in [9.17, 15) is 18.0 Å². The molecule has 2 rings (SSSR count). The zero-order valence-corrected chi connectivity index (χ0v) is 11.3. The highest BCUT2D eigenvalue weighted by atomic mass is 19.4. The van der Waals surface area contributed by atoms with Gasteiger partial charge < -0.3 is 9.84 Å². The SMILES string of the molecule is COc1c([C@@H]2[C@@H](C(=O)O)C2(C)C)cccc1C(F)(F)F. The molecule has 1 saturated carbocycles. The van der Waals surface area contributed by atoms with Crippen molar-refractivity contribution in [1.82, 2.24) is 0 Å². The van der Waals surface area contributed by atoms with Gasteiger partial charge in [0.05, 0.1) is 18.6 Å². The van der Waals surface area contributed by atoms with Crippen LogP contribution in [0, 0.1) is 11.3 Å². The molecule has 2 atom stereocenters. The molecule has 0 unspecified atom stereocenters. The molecule has 1 aliphatic carbocycles. The first kappa shape index (κ1) is 14.7. The van der Waals surface area contributed by atoms with Crippen LogP contribution in [0.5, 0.6) is 5.75 Å². The zero-order chi connectivity index (χ0) is 15.3. The number of para-hydroxylation sites is 1. The monoisotopic (exact) mass is 288 g/mol. The second-order valence-electron chi connectivity index (χ2n) is 5.54. The average molecular weight is 288 g/mol. The Kier molecular flexibility index (Phi) is 3.23. The van der Waals surface area contributed by atoms with Gasteiger partial charge in [-0.15, -0.1) is 0 Å². The Balaban J connectivity index is 2.52. The maximum Gasteiger partial charge on any atom is 0.419 e. The molecule has 0 spiro atoms. The molecule has 6 heteroatoms. The van der Waals surface area contributed by atoms with E-state index in [4.69, 9.17) is 9.84 Å². The van der Waals surface area contributed by atoms with E-state index in [1.807, 2.05) is 0 Å². The van der Waals surface area contributed by atoms with Gasteiger partial charge in [0, 0.05) is 5.92 Å². The smallest absolute Gasteiger partial charge is 0.419 e. The quantitative estimate of drug-likeness (QED) is 0.925. The molecule has 1 aromatic rings. The molecule has 1 N–H and O–H groups in total. The van der Waals surface area contributed by atoms with E-state index in [1.54, 1.807) is 13.8 Å². The fourth-order valence-corrected chi connectivity index (χ4v) is 2.93. The van der Waals surface area contributed by atoms with Crippen molar-refractivity contribution in [2.45, 2.75) is 25.9 Å². The number of ether oxygens (including phenoxy) is 1. The summed E-state index contributed by atoms with van der Waals surface area (Å²) in [6, 6.07) is 3.73. The highest BCUT2D eigenvalue weighted by Crippen LogP contribution is 2.66. The molecule has 0 heterocycles. The van der Waals surface area contributed by atoms with Crippen LogP contribution in [-0.2, 0) is 11.0 Å². The van der Waals surface area contributed by atoms with Crippen LogP contribution in [0.15, 0.2) is 18.2 Å². The lowest BCUT2D eigenvalue weighted by Gasteiger charge is -2.16. The minimum absolute atomic E-state index is 0.276. The summed E-state index contributed by atoms with van der Waals surface area (Å²) in [4.78, 5) is 11.2. The lowest BCUT2D eigenvalue weighted by atomic mass is 9.99. The van der Waals surface area contributed by atoms with Gasteiger partial charge in [0.2, 0.25) is 0 Å². The van der Waals surface area contributed by atoms with Crippen LogP contribution in [0.25, 0.3) is 0 Å². The molecule has 3 nitrogen and oxygen atoms in total. The summed E-state index contributed by atoms with van der Waals surface area (Å²) >= 11 is 0. The third kappa shape index (κ3) is 2.13. The van der Waals surface area contributed by atoms with Crippen LogP contribution < -0.4 is 4.74 Å². The van der Waals surface area contributed by atoms with Gasteiger partial charge in [-0.3, -0.25) is 4.79 Å². The molecule has 1 fully saturated rings. The molecular weight excluding hydrogens is 273 g/mol. The lowest BCUT2D eigenvalue weighted by molar-refractivity contribution is -0.139.